The summed E-state index contributed by atoms with van der Waals surface area (Å²) in [7, 11) is 0. The average molecular weight is 318 g/mol. The van der Waals surface area contributed by atoms with E-state index in [-0.39, 0.29) is 18.1 Å². The first-order valence-electron chi connectivity index (χ1n) is 7.24. The molecular formula is C16H22N4OS. The van der Waals surface area contributed by atoms with Gasteiger partial charge in [-0.15, -0.1) is 0 Å². The van der Waals surface area contributed by atoms with Gasteiger partial charge in [-0.1, -0.05) is 12.1 Å². The van der Waals surface area contributed by atoms with Crippen LogP contribution in [0, 0.1) is 0 Å². The van der Waals surface area contributed by atoms with E-state index in [4.69, 9.17) is 0 Å². The third kappa shape index (κ3) is 4.53. The summed E-state index contributed by atoms with van der Waals surface area (Å²) in [5.41, 5.74) is 2.08. The van der Waals surface area contributed by atoms with Gasteiger partial charge in [-0.3, -0.25) is 0 Å². The molecule has 0 saturated carbocycles. The number of aromatic nitrogens is 2. The number of imidazole rings is 1. The Bertz CT molecular complexity index is 600. The molecule has 0 fully saturated rings. The lowest BCUT2D eigenvalue weighted by atomic mass is 10.1. The van der Waals surface area contributed by atoms with Crippen LogP contribution in [0.1, 0.15) is 25.5 Å². The van der Waals surface area contributed by atoms with E-state index in [1.807, 2.05) is 49.1 Å². The highest BCUT2D eigenvalue weighted by molar-refractivity contribution is 7.98. The van der Waals surface area contributed by atoms with E-state index >= 15 is 0 Å². The molecule has 0 aliphatic rings. The minimum Gasteiger partial charge on any atom is -0.335 e. The van der Waals surface area contributed by atoms with Crippen LogP contribution < -0.4 is 10.6 Å². The van der Waals surface area contributed by atoms with Crippen molar-refractivity contribution in [1.82, 2.24) is 20.2 Å². The highest BCUT2D eigenvalue weighted by atomic mass is 32.2. The van der Waals surface area contributed by atoms with Gasteiger partial charge in [-0.25, -0.2) is 9.78 Å². The Hall–Kier alpha value is -1.95. The molecule has 2 aromatic rings. The molecule has 0 spiro atoms. The molecule has 118 valence electrons. The third-order valence-electron chi connectivity index (χ3n) is 3.31. The third-order valence-corrected chi connectivity index (χ3v) is 4.15. The van der Waals surface area contributed by atoms with Crippen molar-refractivity contribution in [3.8, 4) is 5.69 Å². The number of amides is 2. The van der Waals surface area contributed by atoms with Gasteiger partial charge in [0.15, 0.2) is 0 Å². The second-order valence-corrected chi connectivity index (χ2v) is 6.17. The number of nitrogens with one attached hydrogen (secondary N) is 2. The molecule has 2 amide bonds. The zero-order chi connectivity index (χ0) is 15.9. The first-order valence-corrected chi connectivity index (χ1v) is 8.63. The Morgan fingerprint density at radius 3 is 2.86 bits per heavy atom. The van der Waals surface area contributed by atoms with E-state index in [2.05, 4.69) is 21.7 Å². The van der Waals surface area contributed by atoms with Crippen molar-refractivity contribution in [2.24, 2.45) is 0 Å². The Balaban J connectivity index is 1.99. The van der Waals surface area contributed by atoms with Crippen molar-refractivity contribution in [3.05, 3.63) is 48.5 Å². The molecule has 0 radical (unpaired) electrons. The zero-order valence-electron chi connectivity index (χ0n) is 13.1. The number of nitrogens with zero attached hydrogens (tertiary/aromatic N) is 2. The molecule has 0 unspecified atom stereocenters. The van der Waals surface area contributed by atoms with E-state index in [1.54, 1.807) is 24.3 Å². The van der Waals surface area contributed by atoms with Crippen LogP contribution in [-0.2, 0) is 0 Å². The summed E-state index contributed by atoms with van der Waals surface area (Å²) in [4.78, 5) is 16.0. The first kappa shape index (κ1) is 16.4. The van der Waals surface area contributed by atoms with E-state index in [9.17, 15) is 4.79 Å². The van der Waals surface area contributed by atoms with Crippen LogP contribution in [0.3, 0.4) is 0 Å². The maximum atomic E-state index is 12.0. The highest BCUT2D eigenvalue weighted by Gasteiger charge is 2.12. The largest absolute Gasteiger partial charge is 0.335 e. The van der Waals surface area contributed by atoms with Crippen LogP contribution in [0.25, 0.3) is 5.69 Å². The summed E-state index contributed by atoms with van der Waals surface area (Å²) >= 11 is 1.72. The quantitative estimate of drug-likeness (QED) is 0.861. The topological polar surface area (TPSA) is 59.0 Å². The van der Waals surface area contributed by atoms with E-state index < -0.39 is 0 Å². The fourth-order valence-corrected chi connectivity index (χ4v) is 2.79. The predicted molar refractivity (Wildman–Crippen MR) is 91.5 cm³/mol. The van der Waals surface area contributed by atoms with E-state index in [1.165, 1.54) is 0 Å². The van der Waals surface area contributed by atoms with E-state index in [0.717, 1.165) is 17.0 Å². The molecule has 5 nitrogen and oxygen atoms in total. The molecule has 0 saturated heterocycles. The average Bonchev–Trinajstić information content (AvgIpc) is 3.01. The molecule has 1 heterocycles. The fourth-order valence-electron chi connectivity index (χ4n) is 2.20. The number of hydrogen-bond donors (Lipinski definition) is 2. The minimum atomic E-state index is -0.137. The van der Waals surface area contributed by atoms with Crippen LogP contribution in [-0.4, -0.2) is 33.6 Å². The normalized spacial score (nSPS) is 13.4. The summed E-state index contributed by atoms with van der Waals surface area (Å²) < 4.78 is 1.94. The lowest BCUT2D eigenvalue weighted by Crippen LogP contribution is -2.42. The number of thioether (sulfide) groups is 1. The molecule has 2 atom stereocenters. The van der Waals surface area contributed by atoms with Crippen molar-refractivity contribution < 1.29 is 4.79 Å². The molecule has 6 heteroatoms. The number of benzene rings is 1. The van der Waals surface area contributed by atoms with Crippen LogP contribution in [0.15, 0.2) is 43.0 Å². The van der Waals surface area contributed by atoms with Crippen molar-refractivity contribution in [2.45, 2.75) is 25.9 Å². The number of carbonyl (C=O) groups excluding carboxylic acids is 1. The maximum Gasteiger partial charge on any atom is 0.315 e. The molecular weight excluding hydrogens is 296 g/mol. The van der Waals surface area contributed by atoms with Gasteiger partial charge >= 0.3 is 6.03 Å². The Morgan fingerprint density at radius 1 is 1.36 bits per heavy atom. The summed E-state index contributed by atoms with van der Waals surface area (Å²) in [6.45, 7) is 3.98. The summed E-state index contributed by atoms with van der Waals surface area (Å²) in [5.74, 6) is 0.901. The second-order valence-electron chi connectivity index (χ2n) is 5.26. The molecule has 1 aromatic carbocycles. The first-order chi connectivity index (χ1) is 10.6. The molecule has 1 aromatic heterocycles. The molecule has 0 aliphatic heterocycles. The lowest BCUT2D eigenvalue weighted by molar-refractivity contribution is 0.235. The van der Waals surface area contributed by atoms with Gasteiger partial charge in [0.25, 0.3) is 0 Å². The van der Waals surface area contributed by atoms with Gasteiger partial charge in [0.2, 0.25) is 0 Å². The number of hydrogen-bond acceptors (Lipinski definition) is 3. The van der Waals surface area contributed by atoms with Crippen molar-refractivity contribution in [1.29, 1.82) is 0 Å². The van der Waals surface area contributed by atoms with Gasteiger partial charge in [-0.05, 0) is 37.8 Å². The van der Waals surface area contributed by atoms with Gasteiger partial charge < -0.3 is 15.2 Å². The van der Waals surface area contributed by atoms with Crippen molar-refractivity contribution in [2.75, 3.05) is 12.0 Å². The number of rotatable bonds is 6. The van der Waals surface area contributed by atoms with Gasteiger partial charge in [0, 0.05) is 29.9 Å². The Labute approximate surface area is 135 Å². The predicted octanol–water partition coefficient (Wildman–Crippen LogP) is 2.98. The van der Waals surface area contributed by atoms with Crippen LogP contribution in [0.5, 0.6) is 0 Å². The molecule has 22 heavy (non-hydrogen) atoms. The highest BCUT2D eigenvalue weighted by Crippen LogP contribution is 2.16. The number of carbonyl (C=O) groups is 1. The summed E-state index contributed by atoms with van der Waals surface area (Å²) in [6, 6.07) is 8.01. The van der Waals surface area contributed by atoms with Gasteiger partial charge in [0.05, 0.1) is 12.4 Å². The SMILES string of the molecule is CSC[C@H](C)NC(=O)N[C@@H](C)c1cccc(-n2ccnc2)c1. The van der Waals surface area contributed by atoms with E-state index in [0.29, 0.717) is 0 Å². The van der Waals surface area contributed by atoms with Gasteiger partial charge in [-0.2, -0.15) is 11.8 Å². The number of urea groups is 1. The van der Waals surface area contributed by atoms with Gasteiger partial charge in [0.1, 0.15) is 0 Å². The Morgan fingerprint density at radius 2 is 2.18 bits per heavy atom. The minimum absolute atomic E-state index is 0.0649. The molecule has 2 N–H and O–H groups in total. The molecule has 0 bridgehead atoms. The van der Waals surface area contributed by atoms with Crippen LogP contribution in [0.4, 0.5) is 4.79 Å². The lowest BCUT2D eigenvalue weighted by Gasteiger charge is -2.18. The fraction of sp³-hybridized carbons (Fsp3) is 0.375. The van der Waals surface area contributed by atoms with Crippen molar-refractivity contribution in [3.63, 3.8) is 0 Å². The summed E-state index contributed by atoms with van der Waals surface area (Å²) in [5, 5.41) is 5.91. The standard InChI is InChI=1S/C16H22N4OS/c1-12(10-22-3)18-16(21)19-13(2)14-5-4-6-15(9-14)20-8-7-17-11-20/h4-9,11-13H,10H2,1-3H3,(H2,18,19,21)/t12-,13-/m0/s1. The maximum absolute atomic E-state index is 12.0. The van der Waals surface area contributed by atoms with Crippen LogP contribution in [0.2, 0.25) is 0 Å². The Kier molecular flexibility index (Phi) is 5.89. The van der Waals surface area contributed by atoms with Crippen molar-refractivity contribution >= 4 is 17.8 Å². The molecule has 0 aliphatic carbocycles. The second kappa shape index (κ2) is 7.89. The van der Waals surface area contributed by atoms with Crippen LogP contribution >= 0.6 is 11.8 Å². The zero-order valence-corrected chi connectivity index (χ0v) is 13.9. The summed E-state index contributed by atoms with van der Waals surface area (Å²) in [6.07, 6.45) is 7.43. The monoisotopic (exact) mass is 318 g/mol. The smallest absolute Gasteiger partial charge is 0.315 e. The molecule has 2 rings (SSSR count).